The Hall–Kier alpha value is -2.89. The van der Waals surface area contributed by atoms with Gasteiger partial charge in [-0.3, -0.25) is 14.6 Å². The molecule has 4 atom stereocenters. The van der Waals surface area contributed by atoms with E-state index in [4.69, 9.17) is 23.2 Å². The van der Waals surface area contributed by atoms with E-state index in [1.807, 2.05) is 71.6 Å². The van der Waals surface area contributed by atoms with Gasteiger partial charge < -0.3 is 10.0 Å². The number of piperidine rings is 1. The van der Waals surface area contributed by atoms with Crippen LogP contribution in [-0.2, 0) is 9.59 Å². The third-order valence-corrected chi connectivity index (χ3v) is 7.54. The largest absolute Gasteiger partial charge is 0.481 e. The van der Waals surface area contributed by atoms with Crippen molar-refractivity contribution in [3.05, 3.63) is 99.8 Å². The Morgan fingerprint density at radius 3 is 2.36 bits per heavy atom. The first-order chi connectivity index (χ1) is 17.1. The number of carbonyl (C=O) groups excluding carboxylic acids is 1. The molecular formula is C29H30Cl2N2O3. The Bertz CT molecular complexity index is 1230. The minimum atomic E-state index is -1.11. The molecular weight excluding hydrogens is 495 g/mol. The van der Waals surface area contributed by atoms with Gasteiger partial charge in [-0.25, -0.2) is 0 Å². The summed E-state index contributed by atoms with van der Waals surface area (Å²) in [6.45, 7) is 5.88. The fourth-order valence-electron chi connectivity index (χ4n) is 5.54. The Kier molecular flexibility index (Phi) is 7.72. The molecule has 7 heteroatoms. The maximum absolute atomic E-state index is 14.4. The Morgan fingerprint density at radius 2 is 1.78 bits per heavy atom. The van der Waals surface area contributed by atoms with Crippen molar-refractivity contribution in [2.75, 3.05) is 0 Å². The van der Waals surface area contributed by atoms with Gasteiger partial charge in [0.2, 0.25) is 5.91 Å². The number of carboxylic acid groups (broad SMARTS) is 1. The zero-order chi connectivity index (χ0) is 26.0. The van der Waals surface area contributed by atoms with E-state index in [-0.39, 0.29) is 36.2 Å². The summed E-state index contributed by atoms with van der Waals surface area (Å²) in [7, 11) is 0. The summed E-state index contributed by atoms with van der Waals surface area (Å²) in [5.41, 5.74) is 1.55. The van der Waals surface area contributed by atoms with Gasteiger partial charge in [-0.05, 0) is 59.9 Å². The maximum atomic E-state index is 14.4. The van der Waals surface area contributed by atoms with Crippen LogP contribution in [0.3, 0.4) is 0 Å². The van der Waals surface area contributed by atoms with Crippen molar-refractivity contribution in [3.8, 4) is 0 Å². The molecule has 0 saturated carbocycles. The number of halogens is 2. The molecule has 0 radical (unpaired) electrons. The number of hydrogen-bond acceptors (Lipinski definition) is 3. The highest BCUT2D eigenvalue weighted by atomic mass is 35.5. The first-order valence-corrected chi connectivity index (χ1v) is 12.8. The number of likely N-dealkylation sites (tertiary alicyclic amines) is 1. The molecule has 188 valence electrons. The van der Waals surface area contributed by atoms with Gasteiger partial charge in [0.05, 0.1) is 29.6 Å². The average Bonchev–Trinajstić information content (AvgIpc) is 2.83. The normalized spacial score (nSPS) is 23.1. The molecule has 0 aliphatic carbocycles. The lowest BCUT2D eigenvalue weighted by Gasteiger charge is -2.52. The molecule has 1 fully saturated rings. The van der Waals surface area contributed by atoms with Crippen LogP contribution >= 0.6 is 23.2 Å². The minimum absolute atomic E-state index is 0.0193. The first kappa shape index (κ1) is 26.2. The van der Waals surface area contributed by atoms with Crippen molar-refractivity contribution in [1.29, 1.82) is 0 Å². The van der Waals surface area contributed by atoms with Crippen LogP contribution in [0.1, 0.15) is 68.4 Å². The number of amides is 1. The number of carbonyl (C=O) groups is 2. The topological polar surface area (TPSA) is 70.5 Å². The lowest BCUT2D eigenvalue weighted by molar-refractivity contribution is -0.162. The summed E-state index contributed by atoms with van der Waals surface area (Å²) in [5.74, 6) is -1.37. The monoisotopic (exact) mass is 524 g/mol. The van der Waals surface area contributed by atoms with Gasteiger partial charge in [0.1, 0.15) is 0 Å². The van der Waals surface area contributed by atoms with Crippen LogP contribution in [0, 0.1) is 11.3 Å². The molecule has 1 aliphatic rings. The van der Waals surface area contributed by atoms with Crippen LogP contribution in [0.15, 0.2) is 72.9 Å². The zero-order valence-corrected chi connectivity index (χ0v) is 22.1. The summed E-state index contributed by atoms with van der Waals surface area (Å²) in [6.07, 6.45) is 1.83. The van der Waals surface area contributed by atoms with E-state index in [2.05, 4.69) is 18.8 Å². The second-order valence-corrected chi connectivity index (χ2v) is 11.0. The van der Waals surface area contributed by atoms with Crippen molar-refractivity contribution in [1.82, 2.24) is 9.88 Å². The predicted octanol–water partition coefficient (Wildman–Crippen LogP) is 7.32. The second-order valence-electron chi connectivity index (χ2n) is 10.1. The Balaban J connectivity index is 1.98. The van der Waals surface area contributed by atoms with Gasteiger partial charge in [-0.2, -0.15) is 0 Å². The van der Waals surface area contributed by atoms with Gasteiger partial charge in [0.15, 0.2) is 0 Å². The highest BCUT2D eigenvalue weighted by molar-refractivity contribution is 6.30. The summed E-state index contributed by atoms with van der Waals surface area (Å²) < 4.78 is 0. The molecule has 2 heterocycles. The second kappa shape index (κ2) is 10.6. The molecule has 5 nitrogen and oxygen atoms in total. The molecule has 4 unspecified atom stereocenters. The third-order valence-electron chi connectivity index (χ3n) is 7.05. The van der Waals surface area contributed by atoms with Crippen molar-refractivity contribution >= 4 is 35.1 Å². The Morgan fingerprint density at radius 1 is 1.06 bits per heavy atom. The summed E-state index contributed by atoms with van der Waals surface area (Å²) >= 11 is 12.6. The zero-order valence-electron chi connectivity index (χ0n) is 20.6. The highest BCUT2D eigenvalue weighted by Gasteiger charge is 2.53. The predicted molar refractivity (Wildman–Crippen MR) is 142 cm³/mol. The summed E-state index contributed by atoms with van der Waals surface area (Å²) in [6, 6.07) is 20.1. The van der Waals surface area contributed by atoms with Crippen molar-refractivity contribution in [2.45, 2.75) is 51.6 Å². The van der Waals surface area contributed by atoms with Crippen LogP contribution in [0.5, 0.6) is 0 Å². The quantitative estimate of drug-likeness (QED) is 0.351. The number of benzene rings is 2. The van der Waals surface area contributed by atoms with Crippen molar-refractivity contribution < 1.29 is 14.7 Å². The molecule has 2 aromatic carbocycles. The number of rotatable bonds is 7. The first-order valence-electron chi connectivity index (χ1n) is 12.1. The molecule has 1 saturated heterocycles. The number of aromatic nitrogens is 1. The SMILES string of the molecule is CC(C)C(c1ccccn1)N1C(=O)C(C)(CC(=O)O)CC(c2cccc(Cl)c2)C1c1ccc(Cl)cc1. The molecule has 1 aliphatic heterocycles. The number of pyridine rings is 1. The van der Waals surface area contributed by atoms with Gasteiger partial charge in [0, 0.05) is 22.2 Å². The fourth-order valence-corrected chi connectivity index (χ4v) is 5.87. The average molecular weight is 525 g/mol. The van der Waals surface area contributed by atoms with E-state index < -0.39 is 11.4 Å². The highest BCUT2D eigenvalue weighted by Crippen LogP contribution is 2.54. The number of hydrogen-bond donors (Lipinski definition) is 1. The van der Waals surface area contributed by atoms with Crippen molar-refractivity contribution in [2.24, 2.45) is 11.3 Å². The van der Waals surface area contributed by atoms with Crippen LogP contribution in [0.4, 0.5) is 0 Å². The molecule has 1 amide bonds. The van der Waals surface area contributed by atoms with Gasteiger partial charge >= 0.3 is 5.97 Å². The van der Waals surface area contributed by atoms with E-state index in [1.165, 1.54) is 0 Å². The van der Waals surface area contributed by atoms with E-state index in [0.717, 1.165) is 16.8 Å². The lowest BCUT2D eigenvalue weighted by Crippen LogP contribution is -2.54. The van der Waals surface area contributed by atoms with Gasteiger partial charge in [-0.1, -0.05) is 74.3 Å². The number of aliphatic carboxylic acids is 1. The molecule has 0 bridgehead atoms. The van der Waals surface area contributed by atoms with E-state index in [1.54, 1.807) is 13.1 Å². The molecule has 4 rings (SSSR count). The Labute approximate surface area is 222 Å². The molecule has 0 spiro atoms. The van der Waals surface area contributed by atoms with E-state index >= 15 is 0 Å². The van der Waals surface area contributed by atoms with Crippen LogP contribution in [0.2, 0.25) is 10.0 Å². The maximum Gasteiger partial charge on any atom is 0.304 e. The van der Waals surface area contributed by atoms with Crippen LogP contribution < -0.4 is 0 Å². The lowest BCUT2D eigenvalue weighted by atomic mass is 9.66. The number of carboxylic acids is 1. The van der Waals surface area contributed by atoms with Gasteiger partial charge in [-0.15, -0.1) is 0 Å². The van der Waals surface area contributed by atoms with Crippen molar-refractivity contribution in [3.63, 3.8) is 0 Å². The fraction of sp³-hybridized carbons (Fsp3) is 0.345. The molecule has 1 N–H and O–H groups in total. The summed E-state index contributed by atoms with van der Waals surface area (Å²) in [5, 5.41) is 11.0. The molecule has 36 heavy (non-hydrogen) atoms. The molecule has 3 aromatic rings. The van der Waals surface area contributed by atoms with Crippen LogP contribution in [-0.4, -0.2) is 26.9 Å². The standard InChI is InChI=1S/C29H30Cl2N2O3/c1-18(2)26(24-9-4-5-14-32-24)33-27(19-10-12-21(30)13-11-19)23(20-7-6-8-22(31)15-20)16-29(3,28(33)36)17-25(34)35/h4-15,18,23,26-27H,16-17H2,1-3H3,(H,34,35). The van der Waals surface area contributed by atoms with E-state index in [9.17, 15) is 14.7 Å². The summed E-state index contributed by atoms with van der Waals surface area (Å²) in [4.78, 5) is 32.8. The van der Waals surface area contributed by atoms with Gasteiger partial charge in [0.25, 0.3) is 0 Å². The minimum Gasteiger partial charge on any atom is -0.481 e. The number of nitrogens with zero attached hydrogens (tertiary/aromatic N) is 2. The van der Waals surface area contributed by atoms with Crippen LogP contribution in [0.25, 0.3) is 0 Å². The smallest absolute Gasteiger partial charge is 0.304 e. The van der Waals surface area contributed by atoms with E-state index in [0.29, 0.717) is 16.5 Å². The molecule has 1 aromatic heterocycles. The third kappa shape index (κ3) is 5.28.